The summed E-state index contributed by atoms with van der Waals surface area (Å²) < 4.78 is 2.94. The van der Waals surface area contributed by atoms with Gasteiger partial charge in [0, 0.05) is 10.7 Å². The van der Waals surface area contributed by atoms with Crippen molar-refractivity contribution in [1.29, 1.82) is 0 Å². The fourth-order valence-electron chi connectivity index (χ4n) is 1.35. The number of alkyl halides is 1. The highest BCUT2D eigenvalue weighted by Crippen LogP contribution is 2.19. The predicted molar refractivity (Wildman–Crippen MR) is 65.6 cm³/mol. The standard InChI is InChI=1S/C11H10BrClN2/c1-8-6-10(2-3-11(8)12)15-5-4-9(7-13)14-15/h2-6H,7H2,1H3. The van der Waals surface area contributed by atoms with Crippen molar-refractivity contribution in [2.24, 2.45) is 0 Å². The number of aromatic nitrogens is 2. The van der Waals surface area contributed by atoms with Crippen LogP contribution in [0.15, 0.2) is 34.9 Å². The molecule has 4 heteroatoms. The van der Waals surface area contributed by atoms with Crippen molar-refractivity contribution in [3.63, 3.8) is 0 Å². The first-order chi connectivity index (χ1) is 7.20. The van der Waals surface area contributed by atoms with E-state index in [0.29, 0.717) is 5.88 Å². The smallest absolute Gasteiger partial charge is 0.0776 e. The molecule has 0 atom stereocenters. The zero-order valence-corrected chi connectivity index (χ0v) is 10.6. The molecule has 0 amide bonds. The molecule has 0 aliphatic carbocycles. The molecule has 0 spiro atoms. The van der Waals surface area contributed by atoms with Crippen molar-refractivity contribution in [2.75, 3.05) is 0 Å². The summed E-state index contributed by atoms with van der Waals surface area (Å²) in [6.45, 7) is 2.06. The summed E-state index contributed by atoms with van der Waals surface area (Å²) in [6, 6.07) is 8.04. The van der Waals surface area contributed by atoms with Crippen molar-refractivity contribution >= 4 is 27.5 Å². The number of nitrogens with zero attached hydrogens (tertiary/aromatic N) is 2. The maximum Gasteiger partial charge on any atom is 0.0776 e. The van der Waals surface area contributed by atoms with Gasteiger partial charge in [0.2, 0.25) is 0 Å². The topological polar surface area (TPSA) is 17.8 Å². The first-order valence-corrected chi connectivity index (χ1v) is 5.90. The summed E-state index contributed by atoms with van der Waals surface area (Å²) in [5.41, 5.74) is 3.12. The van der Waals surface area contributed by atoms with Crippen LogP contribution >= 0.6 is 27.5 Å². The number of hydrogen-bond acceptors (Lipinski definition) is 1. The van der Waals surface area contributed by atoms with Crippen LogP contribution in [0.2, 0.25) is 0 Å². The van der Waals surface area contributed by atoms with Crippen molar-refractivity contribution in [2.45, 2.75) is 12.8 Å². The monoisotopic (exact) mass is 284 g/mol. The summed E-state index contributed by atoms with van der Waals surface area (Å²) in [6.07, 6.45) is 1.92. The molecule has 0 aliphatic heterocycles. The largest absolute Gasteiger partial charge is 0.241 e. The van der Waals surface area contributed by atoms with Gasteiger partial charge in [-0.25, -0.2) is 4.68 Å². The molecule has 0 unspecified atom stereocenters. The molecule has 0 N–H and O–H groups in total. The van der Waals surface area contributed by atoms with E-state index in [0.717, 1.165) is 15.9 Å². The summed E-state index contributed by atoms with van der Waals surface area (Å²) in [5.74, 6) is 0.447. The van der Waals surface area contributed by atoms with Crippen LogP contribution in [0.4, 0.5) is 0 Å². The third-order valence-corrected chi connectivity index (χ3v) is 3.35. The van der Waals surface area contributed by atoms with E-state index in [1.807, 2.05) is 29.1 Å². The van der Waals surface area contributed by atoms with Gasteiger partial charge >= 0.3 is 0 Å². The van der Waals surface area contributed by atoms with E-state index in [4.69, 9.17) is 11.6 Å². The highest BCUT2D eigenvalue weighted by molar-refractivity contribution is 9.10. The fraction of sp³-hybridized carbons (Fsp3) is 0.182. The Bertz CT molecular complexity index is 479. The molecule has 1 aromatic heterocycles. The zero-order chi connectivity index (χ0) is 10.8. The number of rotatable bonds is 2. The van der Waals surface area contributed by atoms with Gasteiger partial charge in [0.05, 0.1) is 17.3 Å². The molecular formula is C11H10BrClN2. The summed E-state index contributed by atoms with van der Waals surface area (Å²) in [5, 5.41) is 4.34. The average Bonchev–Trinajstić information content (AvgIpc) is 2.70. The van der Waals surface area contributed by atoms with E-state index in [1.165, 1.54) is 5.56 Å². The van der Waals surface area contributed by atoms with Gasteiger partial charge in [-0.3, -0.25) is 0 Å². The Morgan fingerprint density at radius 3 is 2.80 bits per heavy atom. The molecule has 1 heterocycles. The highest BCUT2D eigenvalue weighted by atomic mass is 79.9. The van der Waals surface area contributed by atoms with Gasteiger partial charge in [-0.1, -0.05) is 15.9 Å². The van der Waals surface area contributed by atoms with Gasteiger partial charge in [-0.05, 0) is 36.8 Å². The molecule has 0 radical (unpaired) electrons. The van der Waals surface area contributed by atoms with Crippen molar-refractivity contribution in [3.05, 3.63) is 46.2 Å². The molecule has 0 saturated carbocycles. The lowest BCUT2D eigenvalue weighted by Gasteiger charge is -2.03. The quantitative estimate of drug-likeness (QED) is 0.770. The molecule has 2 nitrogen and oxygen atoms in total. The molecule has 2 rings (SSSR count). The van der Waals surface area contributed by atoms with Crippen LogP contribution in [-0.2, 0) is 5.88 Å². The molecule has 0 saturated heterocycles. The van der Waals surface area contributed by atoms with E-state index in [2.05, 4.69) is 34.0 Å². The minimum Gasteiger partial charge on any atom is -0.241 e. The Balaban J connectivity index is 2.40. The lowest BCUT2D eigenvalue weighted by molar-refractivity contribution is 0.857. The van der Waals surface area contributed by atoms with Gasteiger partial charge < -0.3 is 0 Å². The van der Waals surface area contributed by atoms with Crippen LogP contribution < -0.4 is 0 Å². The van der Waals surface area contributed by atoms with Crippen LogP contribution in [0.25, 0.3) is 5.69 Å². The lowest BCUT2D eigenvalue weighted by atomic mass is 10.2. The molecule has 15 heavy (non-hydrogen) atoms. The Kier molecular flexibility index (Phi) is 3.12. The second-order valence-corrected chi connectivity index (χ2v) is 4.44. The SMILES string of the molecule is Cc1cc(-n2ccc(CCl)n2)ccc1Br. The molecule has 78 valence electrons. The third-order valence-electron chi connectivity index (χ3n) is 2.19. The number of aryl methyl sites for hydroxylation is 1. The number of hydrogen-bond donors (Lipinski definition) is 0. The van der Waals surface area contributed by atoms with Crippen LogP contribution in [0.3, 0.4) is 0 Å². The van der Waals surface area contributed by atoms with Gasteiger partial charge in [0.15, 0.2) is 0 Å². The van der Waals surface area contributed by atoms with Crippen molar-refractivity contribution in [3.8, 4) is 5.69 Å². The van der Waals surface area contributed by atoms with Crippen LogP contribution in [0.1, 0.15) is 11.3 Å². The van der Waals surface area contributed by atoms with Crippen molar-refractivity contribution < 1.29 is 0 Å². The lowest BCUT2D eigenvalue weighted by Crippen LogP contribution is -1.96. The minimum atomic E-state index is 0.447. The predicted octanol–water partition coefficient (Wildman–Crippen LogP) is 3.68. The summed E-state index contributed by atoms with van der Waals surface area (Å²) in [7, 11) is 0. The summed E-state index contributed by atoms with van der Waals surface area (Å²) >= 11 is 9.17. The Hall–Kier alpha value is -0.800. The van der Waals surface area contributed by atoms with E-state index in [-0.39, 0.29) is 0 Å². The number of benzene rings is 1. The zero-order valence-electron chi connectivity index (χ0n) is 8.24. The Morgan fingerprint density at radius 1 is 1.40 bits per heavy atom. The van der Waals surface area contributed by atoms with Gasteiger partial charge in [-0.2, -0.15) is 5.10 Å². The first-order valence-electron chi connectivity index (χ1n) is 4.58. The van der Waals surface area contributed by atoms with Gasteiger partial charge in [-0.15, -0.1) is 11.6 Å². The number of halogens is 2. The minimum absolute atomic E-state index is 0.447. The molecule has 1 aromatic carbocycles. The summed E-state index contributed by atoms with van der Waals surface area (Å²) in [4.78, 5) is 0. The molecular weight excluding hydrogens is 275 g/mol. The van der Waals surface area contributed by atoms with Crippen LogP contribution in [-0.4, -0.2) is 9.78 Å². The maximum atomic E-state index is 5.70. The van der Waals surface area contributed by atoms with Gasteiger partial charge in [0.25, 0.3) is 0 Å². The highest BCUT2D eigenvalue weighted by Gasteiger charge is 2.01. The molecule has 0 bridgehead atoms. The van der Waals surface area contributed by atoms with Crippen molar-refractivity contribution in [1.82, 2.24) is 9.78 Å². The van der Waals surface area contributed by atoms with E-state index >= 15 is 0 Å². The van der Waals surface area contributed by atoms with Crippen LogP contribution in [0.5, 0.6) is 0 Å². The molecule has 0 fully saturated rings. The van der Waals surface area contributed by atoms with E-state index < -0.39 is 0 Å². The fourth-order valence-corrected chi connectivity index (χ4v) is 1.74. The normalized spacial score (nSPS) is 10.6. The van der Waals surface area contributed by atoms with Gasteiger partial charge in [0.1, 0.15) is 0 Å². The molecule has 0 aliphatic rings. The average molecular weight is 286 g/mol. The van der Waals surface area contributed by atoms with E-state index in [1.54, 1.807) is 0 Å². The third kappa shape index (κ3) is 2.24. The second-order valence-electron chi connectivity index (χ2n) is 3.32. The van der Waals surface area contributed by atoms with E-state index in [9.17, 15) is 0 Å². The second kappa shape index (κ2) is 4.37. The Labute approximate surface area is 102 Å². The maximum absolute atomic E-state index is 5.70. The first kappa shape index (κ1) is 10.7. The van der Waals surface area contributed by atoms with Crippen LogP contribution in [0, 0.1) is 6.92 Å². The Morgan fingerprint density at radius 2 is 2.20 bits per heavy atom. The molecule has 2 aromatic rings.